The zero-order chi connectivity index (χ0) is 71.0. The number of methoxy groups -OCH3 is 3. The summed E-state index contributed by atoms with van der Waals surface area (Å²) < 4.78 is 32.1. The molecule has 14 aromatic rings. The van der Waals surface area contributed by atoms with Gasteiger partial charge in [0.1, 0.15) is 62.5 Å². The van der Waals surface area contributed by atoms with Gasteiger partial charge in [0, 0.05) is 99.4 Å². The Labute approximate surface area is 638 Å². The van der Waals surface area contributed by atoms with Gasteiger partial charge in [-0.2, -0.15) is 0 Å². The maximum atomic E-state index is 11.8. The van der Waals surface area contributed by atoms with Crippen LogP contribution in [0.1, 0.15) is 154 Å². The van der Waals surface area contributed by atoms with Gasteiger partial charge in [0.2, 0.25) is 0 Å². The van der Waals surface area contributed by atoms with E-state index in [2.05, 4.69) is 147 Å². The summed E-state index contributed by atoms with van der Waals surface area (Å²) in [7, 11) is 5.10. The van der Waals surface area contributed by atoms with Gasteiger partial charge in [-0.15, -0.1) is 0 Å². The number of rotatable bonds is 7. The number of halogens is 5. The van der Waals surface area contributed by atoms with Gasteiger partial charge < -0.3 is 33.2 Å². The van der Waals surface area contributed by atoms with Gasteiger partial charge >= 0.3 is 0 Å². The Morgan fingerprint density at radius 3 is 1.46 bits per heavy atom. The van der Waals surface area contributed by atoms with Crippen LogP contribution in [0.25, 0.3) is 33.8 Å². The first kappa shape index (κ1) is 70.0. The summed E-state index contributed by atoms with van der Waals surface area (Å²) in [5, 5.41) is 21.8. The second-order valence-corrected chi connectivity index (χ2v) is 30.8. The molecule has 0 saturated heterocycles. The van der Waals surface area contributed by atoms with E-state index in [0.29, 0.717) is 30.3 Å². The molecule has 103 heavy (non-hydrogen) atoms. The molecule has 522 valence electrons. The van der Waals surface area contributed by atoms with Crippen molar-refractivity contribution in [1.29, 1.82) is 0 Å². The number of ketones is 1. The highest BCUT2D eigenvalue weighted by Gasteiger charge is 2.42. The molecule has 4 aromatic carbocycles. The molecule has 10 aromatic heterocycles. The van der Waals surface area contributed by atoms with E-state index in [9.17, 15) is 15.0 Å². The number of aryl methyl sites for hydroxylation is 5. The number of carbonyl (C=O) groups excluding carboxylic acids is 1. The first-order chi connectivity index (χ1) is 50.2. The van der Waals surface area contributed by atoms with Gasteiger partial charge in [-0.3, -0.25) is 18.0 Å². The standard InChI is InChI=1S/C18H17BrN2O2.C18H17BrN2O.C18H15BrN2O.C17H15BrN2O.C11H9BrN2O/c1-23-15-7-3-2-5-13(15)18(22)10-4-6-14-17(18)21-11-12(19)8-9-16(21)20-14;2*1-22-16-8-3-2-5-13(16)14-6-4-7-15-18(14)21-11-12(19)9-10-17(21)20-15;18-11-8-9-16-19-14-6-3-5-13(17(14)20(16)10-11)12-4-1-2-7-15(12)21;12-7-4-5-10-13-8-2-1-3-9(15)11(8)14(10)6-7/h2-3,5,7-9,11,22H,4,6,10H2,1H3;2-3,5,8-11,14H,4,6-7H2,1H3;2-3,5-6,8-11H,4,7H2,1H3;1-2,4,7-10,13,21H,3,5-6H2;4-6H,1-3H2. The summed E-state index contributed by atoms with van der Waals surface area (Å²) >= 11 is 17.6. The van der Waals surface area contributed by atoms with Crippen LogP contribution in [0.5, 0.6) is 23.0 Å². The smallest absolute Gasteiger partial charge is 0.181 e. The number of fused-ring (bicyclic) bond motifs is 15. The second kappa shape index (κ2) is 30.2. The lowest BCUT2D eigenvalue weighted by Gasteiger charge is -2.33. The van der Waals surface area contributed by atoms with Crippen LogP contribution in [0.4, 0.5) is 0 Å². The van der Waals surface area contributed by atoms with Crippen molar-refractivity contribution >= 4 is 119 Å². The van der Waals surface area contributed by atoms with E-state index >= 15 is 0 Å². The fraction of sp³-hybridized carbons (Fsp3) is 0.244. The van der Waals surface area contributed by atoms with Crippen molar-refractivity contribution in [3.8, 4) is 23.0 Å². The van der Waals surface area contributed by atoms with Crippen molar-refractivity contribution in [2.75, 3.05) is 21.3 Å². The van der Waals surface area contributed by atoms with E-state index in [1.54, 1.807) is 27.4 Å². The second-order valence-electron chi connectivity index (χ2n) is 26.2. The van der Waals surface area contributed by atoms with Crippen LogP contribution in [-0.2, 0) is 37.7 Å². The Hall–Kier alpha value is -8.70. The molecule has 0 spiro atoms. The van der Waals surface area contributed by atoms with Crippen molar-refractivity contribution in [3.05, 3.63) is 296 Å². The quantitative estimate of drug-likeness (QED) is 0.156. The maximum Gasteiger partial charge on any atom is 0.181 e. The van der Waals surface area contributed by atoms with E-state index in [0.717, 1.165) is 184 Å². The third kappa shape index (κ3) is 13.8. The van der Waals surface area contributed by atoms with Crippen LogP contribution in [0.15, 0.2) is 217 Å². The Balaban J connectivity index is 0.000000104. The average Bonchev–Trinajstić information content (AvgIpc) is 1.65. The van der Waals surface area contributed by atoms with Crippen LogP contribution in [0.2, 0.25) is 0 Å². The molecule has 10 heterocycles. The zero-order valence-electron chi connectivity index (χ0n) is 56.9. The molecule has 19 rings (SSSR count). The molecule has 16 nitrogen and oxygen atoms in total. The Morgan fingerprint density at radius 2 is 0.864 bits per heavy atom. The van der Waals surface area contributed by atoms with Crippen LogP contribution < -0.4 is 14.2 Å². The van der Waals surface area contributed by atoms with Crippen LogP contribution in [0, 0.1) is 0 Å². The molecule has 0 amide bonds. The number of para-hydroxylation sites is 4. The van der Waals surface area contributed by atoms with Gasteiger partial charge in [0.25, 0.3) is 0 Å². The number of phenols is 1. The van der Waals surface area contributed by atoms with Gasteiger partial charge in [-0.1, -0.05) is 78.9 Å². The lowest BCUT2D eigenvalue weighted by molar-refractivity contribution is 0.0532. The number of benzene rings is 4. The molecule has 21 heteroatoms. The van der Waals surface area contributed by atoms with Crippen molar-refractivity contribution in [1.82, 2.24) is 46.9 Å². The number of aliphatic hydroxyl groups is 1. The number of hydrogen-bond acceptors (Lipinski definition) is 11. The molecule has 3 atom stereocenters. The highest BCUT2D eigenvalue weighted by atomic mass is 79.9. The highest BCUT2D eigenvalue weighted by molar-refractivity contribution is 9.11. The van der Waals surface area contributed by atoms with E-state index in [-0.39, 0.29) is 11.7 Å². The number of imidazole rings is 5. The first-order valence-electron chi connectivity index (χ1n) is 34.6. The average molecular weight is 1690 g/mol. The summed E-state index contributed by atoms with van der Waals surface area (Å²) in [6.45, 7) is 0. The number of allylic oxidation sites excluding steroid dienone is 1. The Bertz CT molecular complexity index is 5580. The van der Waals surface area contributed by atoms with E-state index in [4.69, 9.17) is 34.1 Å². The van der Waals surface area contributed by atoms with Crippen molar-refractivity contribution in [3.63, 3.8) is 0 Å². The number of nitrogens with zero attached hydrogens (tertiary/aromatic N) is 10. The number of ether oxygens (including phenoxy) is 3. The molecule has 0 fully saturated rings. The number of pyridine rings is 5. The predicted octanol–water partition coefficient (Wildman–Crippen LogP) is 19.6. The summed E-state index contributed by atoms with van der Waals surface area (Å²) in [4.78, 5) is 35.3. The molecular weight excluding hydrogens is 1620 g/mol. The molecule has 0 aliphatic heterocycles. The highest BCUT2D eigenvalue weighted by Crippen LogP contribution is 2.46. The normalized spacial score (nSPS) is 17.2. The number of hydrogen-bond donors (Lipinski definition) is 2. The third-order valence-electron chi connectivity index (χ3n) is 20.0. The van der Waals surface area contributed by atoms with Gasteiger partial charge in [0.15, 0.2) is 5.78 Å². The lowest BCUT2D eigenvalue weighted by Crippen LogP contribution is -2.33. The molecule has 3 unspecified atom stereocenters. The fourth-order valence-electron chi connectivity index (χ4n) is 15.6. The molecule has 0 bridgehead atoms. The van der Waals surface area contributed by atoms with Crippen molar-refractivity contribution in [2.45, 2.75) is 107 Å². The largest absolute Gasteiger partial charge is 0.508 e. The van der Waals surface area contributed by atoms with Crippen LogP contribution in [-0.4, -0.2) is 84.2 Å². The fourth-order valence-corrected chi connectivity index (χ4v) is 17.2. The predicted molar refractivity (Wildman–Crippen MR) is 420 cm³/mol. The molecular formula is C82H73Br5N10O6. The monoisotopic (exact) mass is 1690 g/mol. The molecule has 0 radical (unpaired) electrons. The molecule has 0 saturated carbocycles. The zero-order valence-corrected chi connectivity index (χ0v) is 64.8. The Kier molecular flexibility index (Phi) is 20.5. The molecule has 2 N–H and O–H groups in total. The van der Waals surface area contributed by atoms with E-state index in [1.165, 1.54) is 40.3 Å². The molecule has 5 aliphatic rings. The summed E-state index contributed by atoms with van der Waals surface area (Å²) in [5.74, 6) is 3.69. The Morgan fingerprint density at radius 1 is 0.427 bits per heavy atom. The number of carbonyl (C=O) groups is 1. The van der Waals surface area contributed by atoms with E-state index < -0.39 is 5.60 Å². The minimum atomic E-state index is -1.10. The SMILES string of the molecule is COc1ccccc1C1(O)CCCc2nc3ccc(Br)cn3c21.COc1ccccc1C1=CCCc2nc3ccc(Br)cn3c21.COc1ccccc1C1CCCc2nc3ccc(Br)cn3c21.O=C1CCCc2nc3ccc(Br)cn3c21.Oc1ccccc1C1CCCc2nc3ccc(Br)cn3c21. The van der Waals surface area contributed by atoms with Gasteiger partial charge in [-0.25, -0.2) is 24.9 Å². The maximum absolute atomic E-state index is 11.8. The van der Waals surface area contributed by atoms with Crippen molar-refractivity contribution in [2.24, 2.45) is 0 Å². The summed E-state index contributed by atoms with van der Waals surface area (Å²) in [5.41, 5.74) is 19.8. The lowest BCUT2D eigenvalue weighted by atomic mass is 9.79. The third-order valence-corrected chi connectivity index (χ3v) is 22.4. The van der Waals surface area contributed by atoms with Crippen molar-refractivity contribution < 1.29 is 29.2 Å². The number of aromatic hydroxyl groups is 1. The van der Waals surface area contributed by atoms with Gasteiger partial charge in [-0.05, 0) is 248 Å². The number of phenolic OH excluding ortho intramolecular Hbond substituents is 1. The minimum absolute atomic E-state index is 0.208. The topological polar surface area (TPSA) is 172 Å². The van der Waals surface area contributed by atoms with Crippen LogP contribution in [0.3, 0.4) is 0 Å². The van der Waals surface area contributed by atoms with E-state index in [1.807, 2.05) is 149 Å². The number of Topliss-reactive ketones (excluding diaryl/α,β-unsaturated/α-hetero) is 1. The molecule has 5 aliphatic carbocycles. The summed E-state index contributed by atoms with van der Waals surface area (Å²) in [6, 6.07) is 51.9. The minimum Gasteiger partial charge on any atom is -0.508 e. The first-order valence-corrected chi connectivity index (χ1v) is 38.6. The van der Waals surface area contributed by atoms with Crippen LogP contribution >= 0.6 is 79.6 Å². The number of aromatic nitrogens is 10. The van der Waals surface area contributed by atoms with Gasteiger partial charge in [0.05, 0.1) is 72.6 Å². The summed E-state index contributed by atoms with van der Waals surface area (Å²) in [6.07, 6.45) is 25.9.